The van der Waals surface area contributed by atoms with E-state index in [-0.39, 0.29) is 17.6 Å². The fourth-order valence-electron chi connectivity index (χ4n) is 2.66. The molecule has 0 radical (unpaired) electrons. The Morgan fingerprint density at radius 3 is 2.52 bits per heavy atom. The first-order valence-electron chi connectivity index (χ1n) is 8.08. The minimum absolute atomic E-state index is 0.164. The summed E-state index contributed by atoms with van der Waals surface area (Å²) in [6, 6.07) is 13.8. The van der Waals surface area contributed by atoms with E-state index in [1.807, 2.05) is 42.5 Å². The molecular formula is C19H23NO3. The SMILES string of the molecule is CC(CCCCCC(=O)c1ccc2ccccc2c1)C(=O)NO. The van der Waals surface area contributed by atoms with Crippen LogP contribution in [-0.2, 0) is 4.79 Å². The second-order valence-corrected chi connectivity index (χ2v) is 5.96. The smallest absolute Gasteiger partial charge is 0.246 e. The molecule has 2 aromatic carbocycles. The van der Waals surface area contributed by atoms with Crippen molar-refractivity contribution in [3.63, 3.8) is 0 Å². The topological polar surface area (TPSA) is 66.4 Å². The maximum absolute atomic E-state index is 12.2. The molecule has 0 bridgehead atoms. The number of hydroxylamine groups is 1. The van der Waals surface area contributed by atoms with Gasteiger partial charge in [0.05, 0.1) is 0 Å². The molecule has 0 aliphatic rings. The van der Waals surface area contributed by atoms with Gasteiger partial charge in [-0.1, -0.05) is 56.2 Å². The van der Waals surface area contributed by atoms with Crippen LogP contribution in [0.2, 0.25) is 0 Å². The normalized spacial score (nSPS) is 12.1. The second kappa shape index (κ2) is 8.44. The zero-order valence-corrected chi connectivity index (χ0v) is 13.4. The van der Waals surface area contributed by atoms with Gasteiger partial charge in [0.2, 0.25) is 5.91 Å². The van der Waals surface area contributed by atoms with Gasteiger partial charge in [-0.05, 0) is 29.7 Å². The number of nitrogens with one attached hydrogen (secondary N) is 1. The minimum atomic E-state index is -0.350. The van der Waals surface area contributed by atoms with Crippen LogP contribution in [0.5, 0.6) is 0 Å². The first kappa shape index (κ1) is 17.2. The lowest BCUT2D eigenvalue weighted by Crippen LogP contribution is -2.25. The lowest BCUT2D eigenvalue weighted by Gasteiger charge is -2.08. The summed E-state index contributed by atoms with van der Waals surface area (Å²) in [6.45, 7) is 1.78. The van der Waals surface area contributed by atoms with Crippen molar-refractivity contribution >= 4 is 22.5 Å². The van der Waals surface area contributed by atoms with Crippen LogP contribution in [0.1, 0.15) is 49.4 Å². The molecule has 0 heterocycles. The minimum Gasteiger partial charge on any atom is -0.294 e. The Morgan fingerprint density at radius 2 is 1.78 bits per heavy atom. The Hall–Kier alpha value is -2.20. The van der Waals surface area contributed by atoms with Crippen LogP contribution >= 0.6 is 0 Å². The first-order valence-corrected chi connectivity index (χ1v) is 8.08. The van der Waals surface area contributed by atoms with Gasteiger partial charge in [0.25, 0.3) is 0 Å². The molecule has 0 aromatic heterocycles. The van der Waals surface area contributed by atoms with Crippen molar-refractivity contribution in [1.82, 2.24) is 5.48 Å². The summed E-state index contributed by atoms with van der Waals surface area (Å²) >= 11 is 0. The molecule has 2 rings (SSSR count). The third-order valence-electron chi connectivity index (χ3n) is 4.17. The van der Waals surface area contributed by atoms with Gasteiger partial charge < -0.3 is 0 Å². The molecule has 1 unspecified atom stereocenters. The van der Waals surface area contributed by atoms with Crippen LogP contribution in [0, 0.1) is 5.92 Å². The molecule has 0 aliphatic carbocycles. The van der Waals surface area contributed by atoms with Gasteiger partial charge in [-0.3, -0.25) is 14.8 Å². The number of benzene rings is 2. The third-order valence-corrected chi connectivity index (χ3v) is 4.17. The van der Waals surface area contributed by atoms with Crippen LogP contribution in [-0.4, -0.2) is 16.9 Å². The van der Waals surface area contributed by atoms with E-state index in [2.05, 4.69) is 0 Å². The average Bonchev–Trinajstić information content (AvgIpc) is 2.59. The van der Waals surface area contributed by atoms with Crippen molar-refractivity contribution in [2.45, 2.75) is 39.0 Å². The number of carbonyl (C=O) groups excluding carboxylic acids is 2. The quantitative estimate of drug-likeness (QED) is 0.333. The highest BCUT2D eigenvalue weighted by Crippen LogP contribution is 2.18. The third kappa shape index (κ3) is 4.89. The Bertz CT molecular complexity index is 681. The molecule has 0 aliphatic heterocycles. The number of hydrogen-bond acceptors (Lipinski definition) is 3. The summed E-state index contributed by atoms with van der Waals surface area (Å²) in [7, 11) is 0. The number of rotatable bonds is 8. The van der Waals surface area contributed by atoms with Gasteiger partial charge in [0.1, 0.15) is 0 Å². The van der Waals surface area contributed by atoms with E-state index in [0.29, 0.717) is 6.42 Å². The van der Waals surface area contributed by atoms with Crippen LogP contribution in [0.4, 0.5) is 0 Å². The summed E-state index contributed by atoms with van der Waals surface area (Å²) in [5.41, 5.74) is 2.43. The lowest BCUT2D eigenvalue weighted by molar-refractivity contribution is -0.133. The standard InChI is InChI=1S/C19H23NO3/c1-14(19(22)20-23)7-3-2-4-10-18(21)17-12-11-15-8-5-6-9-16(15)13-17/h5-6,8-9,11-14,23H,2-4,7,10H2,1H3,(H,20,22). The Kier molecular flexibility index (Phi) is 6.29. The number of ketones is 1. The summed E-state index contributed by atoms with van der Waals surface area (Å²) in [4.78, 5) is 23.4. The molecule has 1 atom stereocenters. The molecular weight excluding hydrogens is 290 g/mol. The lowest BCUT2D eigenvalue weighted by atomic mass is 9.99. The van der Waals surface area contributed by atoms with Gasteiger partial charge in [-0.2, -0.15) is 0 Å². The van der Waals surface area contributed by atoms with Crippen molar-refractivity contribution in [3.8, 4) is 0 Å². The van der Waals surface area contributed by atoms with Crippen molar-refractivity contribution in [1.29, 1.82) is 0 Å². The van der Waals surface area contributed by atoms with Gasteiger partial charge in [-0.25, -0.2) is 5.48 Å². The predicted octanol–water partition coefficient (Wildman–Crippen LogP) is 4.11. The molecule has 2 aromatic rings. The fraction of sp³-hybridized carbons (Fsp3) is 0.368. The zero-order chi connectivity index (χ0) is 16.7. The maximum Gasteiger partial charge on any atom is 0.246 e. The van der Waals surface area contributed by atoms with Crippen molar-refractivity contribution in [2.75, 3.05) is 0 Å². The second-order valence-electron chi connectivity index (χ2n) is 5.96. The molecule has 0 fully saturated rings. The van der Waals surface area contributed by atoms with E-state index in [4.69, 9.17) is 5.21 Å². The summed E-state index contributed by atoms with van der Waals surface area (Å²) < 4.78 is 0. The highest BCUT2D eigenvalue weighted by molar-refractivity contribution is 5.99. The van der Waals surface area contributed by atoms with E-state index in [1.165, 1.54) is 0 Å². The summed E-state index contributed by atoms with van der Waals surface area (Å²) in [5, 5.41) is 10.8. The molecule has 4 nitrogen and oxygen atoms in total. The molecule has 0 saturated carbocycles. The van der Waals surface area contributed by atoms with E-state index in [1.54, 1.807) is 12.4 Å². The monoisotopic (exact) mass is 313 g/mol. The predicted molar refractivity (Wildman–Crippen MR) is 90.5 cm³/mol. The highest BCUT2D eigenvalue weighted by Gasteiger charge is 2.11. The molecule has 23 heavy (non-hydrogen) atoms. The van der Waals surface area contributed by atoms with Crippen molar-refractivity contribution in [2.24, 2.45) is 5.92 Å². The Morgan fingerprint density at radius 1 is 1.04 bits per heavy atom. The first-order chi connectivity index (χ1) is 11.1. The zero-order valence-electron chi connectivity index (χ0n) is 13.4. The summed E-state index contributed by atoms with van der Waals surface area (Å²) in [5.74, 6) is -0.384. The van der Waals surface area contributed by atoms with Gasteiger partial charge in [0.15, 0.2) is 5.78 Å². The van der Waals surface area contributed by atoms with E-state index in [0.717, 1.165) is 42.0 Å². The molecule has 0 saturated heterocycles. The maximum atomic E-state index is 12.2. The highest BCUT2D eigenvalue weighted by atomic mass is 16.5. The van der Waals surface area contributed by atoms with E-state index < -0.39 is 0 Å². The Labute approximate surface area is 136 Å². The molecule has 122 valence electrons. The molecule has 0 spiro atoms. The number of amides is 1. The number of carbonyl (C=O) groups is 2. The molecule has 4 heteroatoms. The average molecular weight is 313 g/mol. The number of fused-ring (bicyclic) bond motifs is 1. The number of Topliss-reactive ketones (excluding diaryl/α,β-unsaturated/α-hetero) is 1. The molecule has 2 N–H and O–H groups in total. The number of unbranched alkanes of at least 4 members (excludes halogenated alkanes) is 2. The van der Waals surface area contributed by atoms with Crippen LogP contribution in [0.25, 0.3) is 10.8 Å². The van der Waals surface area contributed by atoms with Crippen LogP contribution in [0.3, 0.4) is 0 Å². The van der Waals surface area contributed by atoms with Crippen LogP contribution in [0.15, 0.2) is 42.5 Å². The van der Waals surface area contributed by atoms with Gasteiger partial charge in [0, 0.05) is 17.9 Å². The van der Waals surface area contributed by atoms with Gasteiger partial charge in [-0.15, -0.1) is 0 Å². The largest absolute Gasteiger partial charge is 0.294 e. The van der Waals surface area contributed by atoms with Crippen LogP contribution < -0.4 is 5.48 Å². The van der Waals surface area contributed by atoms with Crippen molar-refractivity contribution < 1.29 is 14.8 Å². The van der Waals surface area contributed by atoms with Crippen molar-refractivity contribution in [3.05, 3.63) is 48.0 Å². The molecule has 1 amide bonds. The van der Waals surface area contributed by atoms with E-state index in [9.17, 15) is 9.59 Å². The van der Waals surface area contributed by atoms with E-state index >= 15 is 0 Å². The fourth-order valence-corrected chi connectivity index (χ4v) is 2.66. The summed E-state index contributed by atoms with van der Waals surface area (Å²) in [6.07, 6.45) is 3.84. The number of hydrogen-bond donors (Lipinski definition) is 2. The van der Waals surface area contributed by atoms with Gasteiger partial charge >= 0.3 is 0 Å². The Balaban J connectivity index is 1.77.